The zero-order chi connectivity index (χ0) is 24.8. The van der Waals surface area contributed by atoms with Crippen molar-refractivity contribution in [3.8, 4) is 11.5 Å². The highest BCUT2D eigenvalue weighted by molar-refractivity contribution is 7.92. The number of nitrogens with zero attached hydrogens (tertiary/aromatic N) is 1. The van der Waals surface area contributed by atoms with Crippen LogP contribution < -0.4 is 14.4 Å². The molecule has 0 aliphatic rings. The van der Waals surface area contributed by atoms with Crippen molar-refractivity contribution in [3.63, 3.8) is 0 Å². The fourth-order valence-electron chi connectivity index (χ4n) is 3.24. The summed E-state index contributed by atoms with van der Waals surface area (Å²) < 4.78 is 47.1. The van der Waals surface area contributed by atoms with Gasteiger partial charge >= 0.3 is 0 Å². The molecule has 0 unspecified atom stereocenters. The van der Waals surface area contributed by atoms with Crippen LogP contribution in [-0.4, -0.2) is 20.9 Å². The summed E-state index contributed by atoms with van der Waals surface area (Å²) in [4.78, 5) is 12.8. The zero-order valence-corrected chi connectivity index (χ0v) is 19.8. The van der Waals surface area contributed by atoms with Gasteiger partial charge in [0.15, 0.2) is 0 Å². The van der Waals surface area contributed by atoms with Crippen molar-refractivity contribution in [2.45, 2.75) is 4.90 Å². The minimum atomic E-state index is -4.08. The van der Waals surface area contributed by atoms with Gasteiger partial charge in [0.2, 0.25) is 5.91 Å². The van der Waals surface area contributed by atoms with Crippen molar-refractivity contribution in [1.29, 1.82) is 0 Å². The van der Waals surface area contributed by atoms with Crippen LogP contribution in [0.2, 0.25) is 5.02 Å². The summed E-state index contributed by atoms with van der Waals surface area (Å²) in [6.07, 6.45) is 0. The van der Waals surface area contributed by atoms with E-state index in [1.165, 1.54) is 24.3 Å². The maximum atomic E-state index is 13.4. The molecule has 1 amide bonds. The lowest BCUT2D eigenvalue weighted by Crippen LogP contribution is -2.38. The van der Waals surface area contributed by atoms with Gasteiger partial charge in [-0.25, -0.2) is 12.8 Å². The molecule has 0 aliphatic heterocycles. The Labute approximate surface area is 207 Å². The van der Waals surface area contributed by atoms with Gasteiger partial charge in [-0.05, 0) is 66.7 Å². The minimum Gasteiger partial charge on any atom is -0.457 e. The monoisotopic (exact) mass is 510 g/mol. The van der Waals surface area contributed by atoms with Crippen LogP contribution in [0.1, 0.15) is 0 Å². The highest BCUT2D eigenvalue weighted by Gasteiger charge is 2.27. The van der Waals surface area contributed by atoms with Crippen molar-refractivity contribution < 1.29 is 22.3 Å². The number of hydrogen-bond acceptors (Lipinski definition) is 4. The Morgan fingerprint density at radius 3 is 2.09 bits per heavy atom. The van der Waals surface area contributed by atoms with Gasteiger partial charge in [0, 0.05) is 5.69 Å². The number of sulfonamides is 1. The number of benzene rings is 4. The lowest BCUT2D eigenvalue weighted by Gasteiger charge is -2.24. The third-order valence-corrected chi connectivity index (χ3v) is 7.00. The number of anilines is 2. The molecular weight excluding hydrogens is 491 g/mol. The molecule has 1 N–H and O–H groups in total. The highest BCUT2D eigenvalue weighted by Crippen LogP contribution is 2.28. The third-order valence-electron chi connectivity index (χ3n) is 4.93. The molecule has 0 saturated carbocycles. The molecule has 0 heterocycles. The molecular formula is C26H20ClFN2O4S. The van der Waals surface area contributed by atoms with E-state index in [1.807, 2.05) is 18.2 Å². The molecule has 0 fully saturated rings. The first kappa shape index (κ1) is 24.3. The SMILES string of the molecule is O=C(CN(c1ccc(Oc2ccccc2)cc1)S(=O)(=O)c1ccccc1)Nc1ccc(F)c(Cl)c1. The van der Waals surface area contributed by atoms with Crippen LogP contribution in [0.5, 0.6) is 11.5 Å². The van der Waals surface area contributed by atoms with Crippen LogP contribution in [0.4, 0.5) is 15.8 Å². The fourth-order valence-corrected chi connectivity index (χ4v) is 4.87. The fraction of sp³-hybridized carbons (Fsp3) is 0.0385. The predicted molar refractivity (Wildman–Crippen MR) is 134 cm³/mol. The molecule has 0 radical (unpaired) electrons. The van der Waals surface area contributed by atoms with Gasteiger partial charge in [-0.15, -0.1) is 0 Å². The number of amides is 1. The van der Waals surface area contributed by atoms with E-state index in [1.54, 1.807) is 54.6 Å². The Bertz CT molecular complexity index is 1420. The van der Waals surface area contributed by atoms with E-state index in [0.29, 0.717) is 11.5 Å². The van der Waals surface area contributed by atoms with Gasteiger partial charge in [-0.1, -0.05) is 48.0 Å². The summed E-state index contributed by atoms with van der Waals surface area (Å²) in [5, 5.41) is 2.40. The summed E-state index contributed by atoms with van der Waals surface area (Å²) >= 11 is 5.78. The van der Waals surface area contributed by atoms with E-state index in [0.717, 1.165) is 10.4 Å². The van der Waals surface area contributed by atoms with E-state index >= 15 is 0 Å². The van der Waals surface area contributed by atoms with Gasteiger partial charge in [-0.2, -0.15) is 0 Å². The number of rotatable bonds is 8. The first-order chi connectivity index (χ1) is 16.8. The molecule has 4 aromatic rings. The maximum absolute atomic E-state index is 13.4. The quantitative estimate of drug-likeness (QED) is 0.310. The van der Waals surface area contributed by atoms with E-state index in [9.17, 15) is 17.6 Å². The Morgan fingerprint density at radius 1 is 0.857 bits per heavy atom. The van der Waals surface area contributed by atoms with Crippen molar-refractivity contribution in [2.75, 3.05) is 16.2 Å². The number of para-hydroxylation sites is 1. The minimum absolute atomic E-state index is 0.0299. The second-order valence-electron chi connectivity index (χ2n) is 7.41. The molecule has 0 aliphatic carbocycles. The van der Waals surface area contributed by atoms with Crippen molar-refractivity contribution in [1.82, 2.24) is 0 Å². The highest BCUT2D eigenvalue weighted by atomic mass is 35.5. The topological polar surface area (TPSA) is 75.7 Å². The Morgan fingerprint density at radius 2 is 1.46 bits per heavy atom. The largest absolute Gasteiger partial charge is 0.457 e. The molecule has 35 heavy (non-hydrogen) atoms. The lowest BCUT2D eigenvalue weighted by atomic mass is 10.3. The van der Waals surface area contributed by atoms with Crippen LogP contribution >= 0.6 is 11.6 Å². The van der Waals surface area contributed by atoms with Crippen molar-refractivity contribution in [3.05, 3.63) is 114 Å². The van der Waals surface area contributed by atoms with Gasteiger partial charge < -0.3 is 10.1 Å². The van der Waals surface area contributed by atoms with Crippen LogP contribution in [0, 0.1) is 5.82 Å². The zero-order valence-electron chi connectivity index (χ0n) is 18.3. The number of hydrogen-bond donors (Lipinski definition) is 1. The first-order valence-corrected chi connectivity index (χ1v) is 12.3. The van der Waals surface area contributed by atoms with E-state index in [-0.39, 0.29) is 21.3 Å². The van der Waals surface area contributed by atoms with Crippen molar-refractivity contribution >= 4 is 38.9 Å². The molecule has 4 rings (SSSR count). The molecule has 4 aromatic carbocycles. The maximum Gasteiger partial charge on any atom is 0.264 e. The lowest BCUT2D eigenvalue weighted by molar-refractivity contribution is -0.114. The Hall–Kier alpha value is -3.88. The molecule has 178 valence electrons. The smallest absolute Gasteiger partial charge is 0.264 e. The Balaban J connectivity index is 1.61. The normalized spacial score (nSPS) is 11.0. The Kier molecular flexibility index (Phi) is 7.33. The second kappa shape index (κ2) is 10.6. The predicted octanol–water partition coefficient (Wildman–Crippen LogP) is 6.11. The summed E-state index contributed by atoms with van der Waals surface area (Å²) in [7, 11) is -4.08. The van der Waals surface area contributed by atoms with Crippen LogP contribution in [-0.2, 0) is 14.8 Å². The summed E-state index contributed by atoms with van der Waals surface area (Å²) in [5.74, 6) is -0.124. The molecule has 0 saturated heterocycles. The number of ether oxygens (including phenoxy) is 1. The average molecular weight is 511 g/mol. The second-order valence-corrected chi connectivity index (χ2v) is 9.68. The van der Waals surface area contributed by atoms with E-state index in [2.05, 4.69) is 5.32 Å². The number of carbonyl (C=O) groups excluding carboxylic acids is 1. The van der Waals surface area contributed by atoms with E-state index < -0.39 is 28.3 Å². The summed E-state index contributed by atoms with van der Waals surface area (Å²) in [5.41, 5.74) is 0.506. The molecule has 0 bridgehead atoms. The summed E-state index contributed by atoms with van der Waals surface area (Å²) in [6, 6.07) is 27.0. The van der Waals surface area contributed by atoms with Gasteiger partial charge in [0.25, 0.3) is 10.0 Å². The molecule has 0 aromatic heterocycles. The molecule has 9 heteroatoms. The van der Waals surface area contributed by atoms with Gasteiger partial charge in [0.1, 0.15) is 23.9 Å². The molecule has 0 atom stereocenters. The number of carbonyl (C=O) groups is 1. The van der Waals surface area contributed by atoms with Crippen molar-refractivity contribution in [2.24, 2.45) is 0 Å². The van der Waals surface area contributed by atoms with Gasteiger partial charge in [-0.3, -0.25) is 9.10 Å². The van der Waals surface area contributed by atoms with Crippen LogP contribution in [0.15, 0.2) is 108 Å². The van der Waals surface area contributed by atoms with Crippen LogP contribution in [0.3, 0.4) is 0 Å². The third kappa shape index (κ3) is 5.98. The number of halogens is 2. The number of nitrogens with one attached hydrogen (secondary N) is 1. The summed E-state index contributed by atoms with van der Waals surface area (Å²) in [6.45, 7) is -0.523. The van der Waals surface area contributed by atoms with Crippen LogP contribution in [0.25, 0.3) is 0 Å². The average Bonchev–Trinajstić information content (AvgIpc) is 2.86. The van der Waals surface area contributed by atoms with Gasteiger partial charge in [0.05, 0.1) is 15.6 Å². The standard InChI is InChI=1S/C26H20ClFN2O4S/c27-24-17-19(11-16-25(24)28)29-26(31)18-30(35(32,33)23-9-5-2-6-10-23)20-12-14-22(15-13-20)34-21-7-3-1-4-8-21/h1-17H,18H2,(H,29,31). The first-order valence-electron chi connectivity index (χ1n) is 10.5. The molecule has 0 spiro atoms. The van der Waals surface area contributed by atoms with E-state index in [4.69, 9.17) is 16.3 Å². The molecule has 6 nitrogen and oxygen atoms in total.